The topological polar surface area (TPSA) is 12.5 Å². The van der Waals surface area contributed by atoms with Crippen molar-refractivity contribution in [2.75, 3.05) is 27.3 Å². The molecule has 0 bridgehead atoms. The first-order chi connectivity index (χ1) is 7.69. The van der Waals surface area contributed by atoms with Crippen LogP contribution in [-0.2, 0) is 4.74 Å². The second-order valence-corrected chi connectivity index (χ2v) is 3.71. The minimum Gasteiger partial charge on any atom is -0.383 e. The van der Waals surface area contributed by atoms with E-state index in [9.17, 15) is 4.39 Å². The van der Waals surface area contributed by atoms with Gasteiger partial charge in [-0.15, -0.1) is 6.58 Å². The Morgan fingerprint density at radius 1 is 1.44 bits per heavy atom. The highest BCUT2D eigenvalue weighted by molar-refractivity contribution is 5.23. The molecule has 0 radical (unpaired) electrons. The van der Waals surface area contributed by atoms with Crippen LogP contribution in [0.15, 0.2) is 36.9 Å². The van der Waals surface area contributed by atoms with Crippen LogP contribution in [-0.4, -0.2) is 32.2 Å². The van der Waals surface area contributed by atoms with Gasteiger partial charge in [-0.1, -0.05) is 18.2 Å². The lowest BCUT2D eigenvalue weighted by atomic mass is 10.1. The maximum absolute atomic E-state index is 12.8. The van der Waals surface area contributed by atoms with Gasteiger partial charge in [0.2, 0.25) is 0 Å². The van der Waals surface area contributed by atoms with Crippen LogP contribution in [0.2, 0.25) is 0 Å². The summed E-state index contributed by atoms with van der Waals surface area (Å²) in [7, 11) is 3.67. The molecular formula is C13H18FNO. The molecular weight excluding hydrogens is 205 g/mol. The molecule has 0 aromatic heterocycles. The maximum atomic E-state index is 12.8. The van der Waals surface area contributed by atoms with Crippen molar-refractivity contribution < 1.29 is 9.13 Å². The number of methoxy groups -OCH3 is 1. The number of benzene rings is 1. The Hall–Kier alpha value is -1.19. The first kappa shape index (κ1) is 12.9. The second kappa shape index (κ2) is 6.40. The van der Waals surface area contributed by atoms with Gasteiger partial charge in [0.25, 0.3) is 0 Å². The number of hydrogen-bond donors (Lipinski definition) is 0. The molecule has 0 saturated carbocycles. The van der Waals surface area contributed by atoms with Crippen LogP contribution >= 0.6 is 0 Å². The van der Waals surface area contributed by atoms with Crippen molar-refractivity contribution in [3.05, 3.63) is 48.3 Å². The van der Waals surface area contributed by atoms with E-state index in [1.165, 1.54) is 12.1 Å². The minimum absolute atomic E-state index is 0.0933. The van der Waals surface area contributed by atoms with E-state index in [0.717, 1.165) is 12.1 Å². The van der Waals surface area contributed by atoms with E-state index in [0.29, 0.717) is 6.61 Å². The number of likely N-dealkylation sites (N-methyl/N-ethyl adjacent to an activating group) is 1. The molecule has 1 aromatic rings. The van der Waals surface area contributed by atoms with Crippen LogP contribution in [0.4, 0.5) is 4.39 Å². The SMILES string of the molecule is C=C[C@@H](c1ccc(F)cc1)N(C)CCOC. The Balaban J connectivity index is 2.73. The molecule has 0 spiro atoms. The number of halogens is 1. The normalized spacial score (nSPS) is 12.8. The zero-order valence-electron chi connectivity index (χ0n) is 9.82. The summed E-state index contributed by atoms with van der Waals surface area (Å²) in [5.41, 5.74) is 1.04. The molecule has 1 rings (SSSR count). The van der Waals surface area contributed by atoms with Crippen LogP contribution in [0.25, 0.3) is 0 Å². The fourth-order valence-electron chi connectivity index (χ4n) is 1.60. The monoisotopic (exact) mass is 223 g/mol. The summed E-state index contributed by atoms with van der Waals surface area (Å²) in [4.78, 5) is 2.11. The maximum Gasteiger partial charge on any atom is 0.123 e. The Morgan fingerprint density at radius 3 is 2.56 bits per heavy atom. The van der Waals surface area contributed by atoms with Crippen molar-refractivity contribution in [2.45, 2.75) is 6.04 Å². The van der Waals surface area contributed by atoms with Crippen LogP contribution in [0, 0.1) is 5.82 Å². The standard InChI is InChI=1S/C13H18FNO/c1-4-13(15(2)9-10-16-3)11-5-7-12(14)8-6-11/h4-8,13H,1,9-10H2,2-3H3/t13-/m0/s1. The number of ether oxygens (including phenoxy) is 1. The molecule has 0 unspecified atom stereocenters. The van der Waals surface area contributed by atoms with Gasteiger partial charge in [-0.3, -0.25) is 4.90 Å². The number of hydrogen-bond acceptors (Lipinski definition) is 2. The van der Waals surface area contributed by atoms with Gasteiger partial charge in [0, 0.05) is 13.7 Å². The van der Waals surface area contributed by atoms with Crippen molar-refractivity contribution in [3.8, 4) is 0 Å². The molecule has 0 aliphatic heterocycles. The first-order valence-corrected chi connectivity index (χ1v) is 5.26. The van der Waals surface area contributed by atoms with E-state index in [1.54, 1.807) is 19.2 Å². The molecule has 0 N–H and O–H groups in total. The lowest BCUT2D eigenvalue weighted by molar-refractivity contribution is 0.149. The molecule has 0 aliphatic rings. The fraction of sp³-hybridized carbons (Fsp3) is 0.385. The number of rotatable bonds is 6. The molecule has 0 heterocycles. The average Bonchev–Trinajstić information content (AvgIpc) is 2.30. The molecule has 0 saturated heterocycles. The molecule has 2 nitrogen and oxygen atoms in total. The highest BCUT2D eigenvalue weighted by atomic mass is 19.1. The van der Waals surface area contributed by atoms with Gasteiger partial charge in [0.1, 0.15) is 5.82 Å². The van der Waals surface area contributed by atoms with Gasteiger partial charge in [0.15, 0.2) is 0 Å². The molecule has 88 valence electrons. The van der Waals surface area contributed by atoms with Gasteiger partial charge in [-0.25, -0.2) is 4.39 Å². The van der Waals surface area contributed by atoms with Crippen LogP contribution in [0.5, 0.6) is 0 Å². The second-order valence-electron chi connectivity index (χ2n) is 3.71. The lowest BCUT2D eigenvalue weighted by Gasteiger charge is -2.25. The Bertz CT molecular complexity index is 323. The van der Waals surface area contributed by atoms with Crippen molar-refractivity contribution >= 4 is 0 Å². The molecule has 0 amide bonds. The predicted molar refractivity (Wildman–Crippen MR) is 63.8 cm³/mol. The van der Waals surface area contributed by atoms with E-state index >= 15 is 0 Å². The molecule has 0 aliphatic carbocycles. The quantitative estimate of drug-likeness (QED) is 0.687. The Kier molecular flexibility index (Phi) is 5.15. The van der Waals surface area contributed by atoms with Crippen molar-refractivity contribution in [1.29, 1.82) is 0 Å². The van der Waals surface area contributed by atoms with Crippen molar-refractivity contribution in [2.24, 2.45) is 0 Å². The zero-order valence-corrected chi connectivity index (χ0v) is 9.82. The van der Waals surface area contributed by atoms with Gasteiger partial charge in [-0.05, 0) is 24.7 Å². The van der Waals surface area contributed by atoms with E-state index < -0.39 is 0 Å². The van der Waals surface area contributed by atoms with Crippen molar-refractivity contribution in [1.82, 2.24) is 4.90 Å². The van der Waals surface area contributed by atoms with Gasteiger partial charge in [-0.2, -0.15) is 0 Å². The predicted octanol–water partition coefficient (Wildman–Crippen LogP) is 2.63. The van der Waals surface area contributed by atoms with E-state index in [1.807, 2.05) is 13.1 Å². The van der Waals surface area contributed by atoms with Gasteiger partial charge >= 0.3 is 0 Å². The highest BCUT2D eigenvalue weighted by Gasteiger charge is 2.12. The van der Waals surface area contributed by atoms with Crippen LogP contribution in [0.1, 0.15) is 11.6 Å². The third-order valence-corrected chi connectivity index (χ3v) is 2.56. The van der Waals surface area contributed by atoms with Gasteiger partial charge < -0.3 is 4.74 Å². The smallest absolute Gasteiger partial charge is 0.123 e. The summed E-state index contributed by atoms with van der Waals surface area (Å²) in [5, 5.41) is 0. The third-order valence-electron chi connectivity index (χ3n) is 2.56. The van der Waals surface area contributed by atoms with E-state index in [2.05, 4.69) is 11.5 Å². The summed E-state index contributed by atoms with van der Waals surface area (Å²) in [6, 6.07) is 6.60. The molecule has 0 fully saturated rings. The fourth-order valence-corrected chi connectivity index (χ4v) is 1.60. The Morgan fingerprint density at radius 2 is 2.06 bits per heavy atom. The van der Waals surface area contributed by atoms with E-state index in [-0.39, 0.29) is 11.9 Å². The molecule has 1 aromatic carbocycles. The molecule has 16 heavy (non-hydrogen) atoms. The molecule has 3 heteroatoms. The van der Waals surface area contributed by atoms with Crippen LogP contribution in [0.3, 0.4) is 0 Å². The summed E-state index contributed by atoms with van der Waals surface area (Å²) in [6.45, 7) is 5.29. The summed E-state index contributed by atoms with van der Waals surface area (Å²) >= 11 is 0. The number of nitrogens with zero attached hydrogens (tertiary/aromatic N) is 1. The summed E-state index contributed by atoms with van der Waals surface area (Å²) < 4.78 is 17.8. The Labute approximate surface area is 96.3 Å². The van der Waals surface area contributed by atoms with Crippen LogP contribution < -0.4 is 0 Å². The third kappa shape index (κ3) is 3.43. The lowest BCUT2D eigenvalue weighted by Crippen LogP contribution is -2.26. The van der Waals surface area contributed by atoms with E-state index in [4.69, 9.17) is 4.74 Å². The zero-order chi connectivity index (χ0) is 12.0. The summed E-state index contributed by atoms with van der Waals surface area (Å²) in [5.74, 6) is -0.217. The van der Waals surface area contributed by atoms with Gasteiger partial charge in [0.05, 0.1) is 12.6 Å². The first-order valence-electron chi connectivity index (χ1n) is 5.26. The largest absolute Gasteiger partial charge is 0.383 e. The average molecular weight is 223 g/mol. The van der Waals surface area contributed by atoms with Crippen molar-refractivity contribution in [3.63, 3.8) is 0 Å². The minimum atomic E-state index is -0.217. The molecule has 1 atom stereocenters. The summed E-state index contributed by atoms with van der Waals surface area (Å²) in [6.07, 6.45) is 1.85. The highest BCUT2D eigenvalue weighted by Crippen LogP contribution is 2.20.